The van der Waals surface area contributed by atoms with Crippen LogP contribution in [0, 0.1) is 0 Å². The second-order valence-electron chi connectivity index (χ2n) is 4.62. The highest BCUT2D eigenvalue weighted by atomic mass is 16.2. The Bertz CT molecular complexity index is 382. The Morgan fingerprint density at radius 3 is 2.82 bits per heavy atom. The number of amides is 1. The Kier molecular flexibility index (Phi) is 3.78. The van der Waals surface area contributed by atoms with E-state index in [-0.39, 0.29) is 5.91 Å². The highest BCUT2D eigenvalue weighted by Gasteiger charge is 2.27. The van der Waals surface area contributed by atoms with Gasteiger partial charge in [-0.2, -0.15) is 0 Å². The monoisotopic (exact) mass is 236 g/mol. The van der Waals surface area contributed by atoms with E-state index in [2.05, 4.69) is 4.98 Å². The minimum absolute atomic E-state index is 0.0577. The summed E-state index contributed by atoms with van der Waals surface area (Å²) in [5, 5.41) is 0. The summed E-state index contributed by atoms with van der Waals surface area (Å²) in [4.78, 5) is 18.3. The van der Waals surface area contributed by atoms with Crippen molar-refractivity contribution in [1.29, 1.82) is 0 Å². The molecule has 1 fully saturated rings. The first-order valence-electron chi connectivity index (χ1n) is 6.21. The largest absolute Gasteiger partial charge is 0.333 e. The molecule has 1 aliphatic rings. The molecule has 0 spiro atoms. The molecule has 0 atom stereocenters. The maximum Gasteiger partial charge on any atom is 0.272 e. The second-order valence-corrected chi connectivity index (χ2v) is 4.62. The lowest BCUT2D eigenvalue weighted by atomic mass is 10.2. The summed E-state index contributed by atoms with van der Waals surface area (Å²) >= 11 is 0. The predicted molar refractivity (Wildman–Crippen MR) is 65.6 cm³/mol. The highest BCUT2D eigenvalue weighted by molar-refractivity contribution is 5.92. The highest BCUT2D eigenvalue weighted by Crippen LogP contribution is 2.24. The first kappa shape index (κ1) is 12.1. The summed E-state index contributed by atoms with van der Waals surface area (Å²) in [7, 11) is 1.84. The molecule has 94 valence electrons. The Labute approximate surface area is 102 Å². The van der Waals surface area contributed by atoms with E-state index in [1.165, 1.54) is 12.8 Å². The lowest BCUT2D eigenvalue weighted by Gasteiger charge is -2.28. The standard InChI is InChI=1S/C12H20N4O/c1-15-9-14-8-11(15)12(17)16(7-6-13)10-4-2-3-5-10/h8-10H,2-7,13H2,1H3. The summed E-state index contributed by atoms with van der Waals surface area (Å²) in [6.07, 6.45) is 7.91. The van der Waals surface area contributed by atoms with Crippen LogP contribution in [0.15, 0.2) is 12.5 Å². The summed E-state index contributed by atoms with van der Waals surface area (Å²) in [5.41, 5.74) is 6.25. The molecule has 0 unspecified atom stereocenters. The van der Waals surface area contributed by atoms with Crippen molar-refractivity contribution in [2.45, 2.75) is 31.7 Å². The van der Waals surface area contributed by atoms with Crippen molar-refractivity contribution in [3.63, 3.8) is 0 Å². The molecule has 5 heteroatoms. The molecule has 1 saturated carbocycles. The van der Waals surface area contributed by atoms with E-state index in [0.29, 0.717) is 24.8 Å². The number of imidazole rings is 1. The van der Waals surface area contributed by atoms with Gasteiger partial charge in [0.2, 0.25) is 0 Å². The fraction of sp³-hybridized carbons (Fsp3) is 0.667. The summed E-state index contributed by atoms with van der Waals surface area (Å²) in [5.74, 6) is 0.0577. The van der Waals surface area contributed by atoms with E-state index in [0.717, 1.165) is 12.8 Å². The summed E-state index contributed by atoms with van der Waals surface area (Å²) < 4.78 is 1.76. The molecule has 1 aliphatic carbocycles. The third kappa shape index (κ3) is 2.49. The van der Waals surface area contributed by atoms with Crippen molar-refractivity contribution in [3.8, 4) is 0 Å². The molecule has 17 heavy (non-hydrogen) atoms. The minimum atomic E-state index is 0.0577. The molecular formula is C12H20N4O. The first-order chi connectivity index (χ1) is 8.24. The van der Waals surface area contributed by atoms with Gasteiger partial charge in [0, 0.05) is 26.2 Å². The van der Waals surface area contributed by atoms with Crippen LogP contribution in [0.3, 0.4) is 0 Å². The number of aryl methyl sites for hydroxylation is 1. The van der Waals surface area contributed by atoms with Crippen molar-refractivity contribution >= 4 is 5.91 Å². The fourth-order valence-corrected chi connectivity index (χ4v) is 2.52. The minimum Gasteiger partial charge on any atom is -0.333 e. The molecule has 0 aliphatic heterocycles. The van der Waals surface area contributed by atoms with Crippen molar-refractivity contribution in [2.75, 3.05) is 13.1 Å². The normalized spacial score (nSPS) is 16.4. The summed E-state index contributed by atoms with van der Waals surface area (Å²) in [6, 6.07) is 0.362. The van der Waals surface area contributed by atoms with E-state index < -0.39 is 0 Å². The van der Waals surface area contributed by atoms with Gasteiger partial charge in [0.15, 0.2) is 0 Å². The zero-order chi connectivity index (χ0) is 12.3. The quantitative estimate of drug-likeness (QED) is 0.839. The molecule has 1 aromatic rings. The van der Waals surface area contributed by atoms with Crippen LogP contribution in [0.5, 0.6) is 0 Å². The van der Waals surface area contributed by atoms with Gasteiger partial charge in [0.25, 0.3) is 5.91 Å². The van der Waals surface area contributed by atoms with E-state index >= 15 is 0 Å². The Balaban J connectivity index is 2.15. The molecular weight excluding hydrogens is 216 g/mol. The lowest BCUT2D eigenvalue weighted by Crippen LogP contribution is -2.42. The average molecular weight is 236 g/mol. The molecule has 2 rings (SSSR count). The van der Waals surface area contributed by atoms with Crippen LogP contribution < -0.4 is 5.73 Å². The maximum absolute atomic E-state index is 12.4. The maximum atomic E-state index is 12.4. The van der Waals surface area contributed by atoms with Gasteiger partial charge in [-0.1, -0.05) is 12.8 Å². The van der Waals surface area contributed by atoms with Gasteiger partial charge in [0.1, 0.15) is 5.69 Å². The van der Waals surface area contributed by atoms with Crippen LogP contribution in [0.2, 0.25) is 0 Å². The molecule has 2 N–H and O–H groups in total. The molecule has 0 aromatic carbocycles. The van der Waals surface area contributed by atoms with Gasteiger partial charge in [0.05, 0.1) is 12.5 Å². The van der Waals surface area contributed by atoms with Crippen LogP contribution in [0.25, 0.3) is 0 Å². The Morgan fingerprint density at radius 1 is 1.59 bits per heavy atom. The van der Waals surface area contributed by atoms with E-state index in [4.69, 9.17) is 5.73 Å². The third-order valence-corrected chi connectivity index (χ3v) is 3.43. The van der Waals surface area contributed by atoms with Crippen LogP contribution in [0.4, 0.5) is 0 Å². The smallest absolute Gasteiger partial charge is 0.272 e. The molecule has 0 radical (unpaired) electrons. The van der Waals surface area contributed by atoms with Crippen molar-refractivity contribution in [2.24, 2.45) is 12.8 Å². The van der Waals surface area contributed by atoms with Gasteiger partial charge < -0.3 is 15.2 Å². The Hall–Kier alpha value is -1.36. The number of nitrogens with two attached hydrogens (primary N) is 1. The average Bonchev–Trinajstić information content (AvgIpc) is 2.95. The lowest BCUT2D eigenvalue weighted by molar-refractivity contribution is 0.0678. The molecule has 1 aromatic heterocycles. The number of hydrogen-bond donors (Lipinski definition) is 1. The van der Waals surface area contributed by atoms with E-state index in [9.17, 15) is 4.79 Å². The van der Waals surface area contributed by atoms with E-state index in [1.807, 2.05) is 11.9 Å². The predicted octanol–water partition coefficient (Wildman–Crippen LogP) is 0.764. The van der Waals surface area contributed by atoms with E-state index in [1.54, 1.807) is 17.1 Å². The first-order valence-corrected chi connectivity index (χ1v) is 6.21. The number of aromatic nitrogens is 2. The number of carbonyl (C=O) groups excluding carboxylic acids is 1. The van der Waals surface area contributed by atoms with Crippen molar-refractivity contribution in [1.82, 2.24) is 14.5 Å². The van der Waals surface area contributed by atoms with Gasteiger partial charge in [-0.15, -0.1) is 0 Å². The third-order valence-electron chi connectivity index (χ3n) is 3.43. The number of nitrogens with zero attached hydrogens (tertiary/aromatic N) is 3. The zero-order valence-corrected chi connectivity index (χ0v) is 10.3. The number of rotatable bonds is 4. The number of hydrogen-bond acceptors (Lipinski definition) is 3. The number of carbonyl (C=O) groups is 1. The van der Waals surface area contributed by atoms with Crippen LogP contribution in [-0.2, 0) is 7.05 Å². The van der Waals surface area contributed by atoms with Gasteiger partial charge in [-0.25, -0.2) is 4.98 Å². The molecule has 0 bridgehead atoms. The van der Waals surface area contributed by atoms with Crippen molar-refractivity contribution in [3.05, 3.63) is 18.2 Å². The van der Waals surface area contributed by atoms with Gasteiger partial charge >= 0.3 is 0 Å². The second kappa shape index (κ2) is 5.31. The van der Waals surface area contributed by atoms with Crippen molar-refractivity contribution < 1.29 is 4.79 Å². The molecule has 1 heterocycles. The summed E-state index contributed by atoms with van der Waals surface area (Å²) in [6.45, 7) is 1.15. The van der Waals surface area contributed by atoms with Crippen LogP contribution >= 0.6 is 0 Å². The zero-order valence-electron chi connectivity index (χ0n) is 10.3. The van der Waals surface area contributed by atoms with Crippen LogP contribution in [0.1, 0.15) is 36.2 Å². The van der Waals surface area contributed by atoms with Gasteiger partial charge in [-0.05, 0) is 12.8 Å². The SMILES string of the molecule is Cn1cncc1C(=O)N(CCN)C1CCCC1. The molecule has 0 saturated heterocycles. The molecule has 1 amide bonds. The fourth-order valence-electron chi connectivity index (χ4n) is 2.52. The molecule has 5 nitrogen and oxygen atoms in total. The van der Waals surface area contributed by atoms with Gasteiger partial charge in [-0.3, -0.25) is 4.79 Å². The topological polar surface area (TPSA) is 64.2 Å². The Morgan fingerprint density at radius 2 is 2.29 bits per heavy atom. The van der Waals surface area contributed by atoms with Crippen LogP contribution in [-0.4, -0.2) is 39.5 Å².